The lowest BCUT2D eigenvalue weighted by Gasteiger charge is -2.24. The van der Waals surface area contributed by atoms with Crippen LogP contribution in [0, 0.1) is 6.92 Å². The lowest BCUT2D eigenvalue weighted by atomic mass is 10.2. The molecular weight excluding hydrogens is 224 g/mol. The van der Waals surface area contributed by atoms with Crippen molar-refractivity contribution in [2.75, 3.05) is 20.1 Å². The standard InChI is InChI=1S/C14H26N4/c1-5-11(2)17(4)8-9-18-12(3)16-13-10-15-7-6-14(13)18/h11,15H,5-10H2,1-4H3. The van der Waals surface area contributed by atoms with Gasteiger partial charge in [0.2, 0.25) is 0 Å². The van der Waals surface area contributed by atoms with Crippen LogP contribution in [0.1, 0.15) is 37.5 Å². The molecule has 0 spiro atoms. The van der Waals surface area contributed by atoms with Gasteiger partial charge in [-0.05, 0) is 27.3 Å². The zero-order valence-electron chi connectivity index (χ0n) is 12.2. The van der Waals surface area contributed by atoms with Crippen LogP contribution < -0.4 is 5.32 Å². The Morgan fingerprint density at radius 3 is 3.00 bits per heavy atom. The van der Waals surface area contributed by atoms with Crippen molar-refractivity contribution in [1.82, 2.24) is 19.8 Å². The Hall–Kier alpha value is -0.870. The third-order valence-corrected chi connectivity index (χ3v) is 4.20. The molecule has 1 unspecified atom stereocenters. The van der Waals surface area contributed by atoms with Gasteiger partial charge in [0, 0.05) is 44.3 Å². The number of nitrogens with zero attached hydrogens (tertiary/aromatic N) is 3. The Labute approximate surface area is 110 Å². The van der Waals surface area contributed by atoms with Crippen molar-refractivity contribution in [1.29, 1.82) is 0 Å². The van der Waals surface area contributed by atoms with E-state index in [0.717, 1.165) is 32.6 Å². The molecule has 1 aliphatic rings. The average molecular weight is 250 g/mol. The number of nitrogens with one attached hydrogen (secondary N) is 1. The van der Waals surface area contributed by atoms with E-state index in [4.69, 9.17) is 0 Å². The highest BCUT2D eigenvalue weighted by atomic mass is 15.2. The molecule has 0 saturated heterocycles. The van der Waals surface area contributed by atoms with Gasteiger partial charge in [-0.1, -0.05) is 6.92 Å². The number of aromatic nitrogens is 2. The maximum Gasteiger partial charge on any atom is 0.106 e. The number of rotatable bonds is 5. The Morgan fingerprint density at radius 1 is 1.50 bits per heavy atom. The van der Waals surface area contributed by atoms with Crippen LogP contribution in [0.3, 0.4) is 0 Å². The summed E-state index contributed by atoms with van der Waals surface area (Å²) in [7, 11) is 2.22. The Bertz CT molecular complexity index is 397. The summed E-state index contributed by atoms with van der Waals surface area (Å²) in [6, 6.07) is 0.659. The fourth-order valence-electron chi connectivity index (χ4n) is 2.59. The summed E-state index contributed by atoms with van der Waals surface area (Å²) < 4.78 is 2.41. The molecule has 0 aliphatic carbocycles. The molecule has 1 aromatic heterocycles. The first-order valence-corrected chi connectivity index (χ1v) is 7.09. The number of hydrogen-bond donors (Lipinski definition) is 1. The van der Waals surface area contributed by atoms with E-state index < -0.39 is 0 Å². The van der Waals surface area contributed by atoms with E-state index in [1.165, 1.54) is 23.6 Å². The molecule has 2 rings (SSSR count). The monoisotopic (exact) mass is 250 g/mol. The van der Waals surface area contributed by atoms with Crippen LogP contribution in [0.2, 0.25) is 0 Å². The van der Waals surface area contributed by atoms with Gasteiger partial charge in [0.25, 0.3) is 0 Å². The summed E-state index contributed by atoms with van der Waals surface area (Å²) in [5.41, 5.74) is 2.70. The highest BCUT2D eigenvalue weighted by molar-refractivity contribution is 5.19. The SMILES string of the molecule is CCC(C)N(C)CCn1c(C)nc2c1CCNC2. The topological polar surface area (TPSA) is 33.1 Å². The van der Waals surface area contributed by atoms with Gasteiger partial charge in [-0.15, -0.1) is 0 Å². The smallest absolute Gasteiger partial charge is 0.106 e. The molecule has 18 heavy (non-hydrogen) atoms. The number of fused-ring (bicyclic) bond motifs is 1. The van der Waals surface area contributed by atoms with E-state index in [0.29, 0.717) is 6.04 Å². The predicted molar refractivity (Wildman–Crippen MR) is 74.8 cm³/mol. The molecule has 1 N–H and O–H groups in total. The summed E-state index contributed by atoms with van der Waals surface area (Å²) in [6.07, 6.45) is 2.32. The summed E-state index contributed by atoms with van der Waals surface area (Å²) in [5, 5.41) is 3.39. The van der Waals surface area contributed by atoms with Gasteiger partial charge in [0.1, 0.15) is 5.82 Å². The first-order chi connectivity index (χ1) is 8.63. The fourth-order valence-corrected chi connectivity index (χ4v) is 2.59. The van der Waals surface area contributed by atoms with Gasteiger partial charge < -0.3 is 14.8 Å². The van der Waals surface area contributed by atoms with Crippen LogP contribution in [-0.2, 0) is 19.5 Å². The second-order valence-electron chi connectivity index (χ2n) is 5.37. The van der Waals surface area contributed by atoms with Crippen LogP contribution in [0.25, 0.3) is 0 Å². The van der Waals surface area contributed by atoms with Crippen LogP contribution in [-0.4, -0.2) is 40.6 Å². The predicted octanol–water partition coefficient (Wildman–Crippen LogP) is 1.57. The Balaban J connectivity index is 2.03. The number of imidazole rings is 1. The molecule has 1 aliphatic heterocycles. The van der Waals surface area contributed by atoms with E-state index in [9.17, 15) is 0 Å². The third kappa shape index (κ3) is 2.75. The van der Waals surface area contributed by atoms with Crippen molar-refractivity contribution in [3.8, 4) is 0 Å². The van der Waals surface area contributed by atoms with E-state index >= 15 is 0 Å². The fraction of sp³-hybridized carbons (Fsp3) is 0.786. The Kier molecular flexibility index (Phi) is 4.40. The van der Waals surface area contributed by atoms with E-state index in [1.54, 1.807) is 0 Å². The molecule has 0 radical (unpaired) electrons. The quantitative estimate of drug-likeness (QED) is 0.861. The van der Waals surface area contributed by atoms with Crippen LogP contribution >= 0.6 is 0 Å². The average Bonchev–Trinajstić information content (AvgIpc) is 2.70. The second kappa shape index (κ2) is 5.85. The molecule has 0 aromatic carbocycles. The Morgan fingerprint density at radius 2 is 2.28 bits per heavy atom. The molecule has 1 atom stereocenters. The van der Waals surface area contributed by atoms with Crippen molar-refractivity contribution in [3.63, 3.8) is 0 Å². The zero-order chi connectivity index (χ0) is 13.1. The molecular formula is C14H26N4. The lowest BCUT2D eigenvalue weighted by molar-refractivity contribution is 0.241. The maximum atomic E-state index is 4.68. The summed E-state index contributed by atoms with van der Waals surface area (Å²) in [5.74, 6) is 1.17. The molecule has 1 aromatic rings. The van der Waals surface area contributed by atoms with Gasteiger partial charge >= 0.3 is 0 Å². The van der Waals surface area contributed by atoms with Gasteiger partial charge in [-0.25, -0.2) is 4.98 Å². The molecule has 0 amide bonds. The van der Waals surface area contributed by atoms with Crippen molar-refractivity contribution >= 4 is 0 Å². The van der Waals surface area contributed by atoms with Crippen molar-refractivity contribution in [2.45, 2.75) is 52.7 Å². The minimum atomic E-state index is 0.659. The molecule has 102 valence electrons. The number of hydrogen-bond acceptors (Lipinski definition) is 3. The molecule has 4 heteroatoms. The normalized spacial score (nSPS) is 16.9. The van der Waals surface area contributed by atoms with Gasteiger partial charge in [-0.3, -0.25) is 0 Å². The summed E-state index contributed by atoms with van der Waals surface area (Å²) in [4.78, 5) is 7.11. The first kappa shape index (κ1) is 13.6. The molecule has 0 fully saturated rings. The van der Waals surface area contributed by atoms with Crippen LogP contribution in [0.5, 0.6) is 0 Å². The second-order valence-corrected chi connectivity index (χ2v) is 5.37. The van der Waals surface area contributed by atoms with Crippen LogP contribution in [0.15, 0.2) is 0 Å². The summed E-state index contributed by atoms with van der Waals surface area (Å²) in [6.45, 7) is 10.9. The number of aryl methyl sites for hydroxylation is 1. The molecule has 4 nitrogen and oxygen atoms in total. The van der Waals surface area contributed by atoms with E-state index in [1.807, 2.05) is 0 Å². The minimum Gasteiger partial charge on any atom is -0.331 e. The van der Waals surface area contributed by atoms with Gasteiger partial charge in [0.05, 0.1) is 5.69 Å². The molecule has 0 bridgehead atoms. The lowest BCUT2D eigenvalue weighted by Crippen LogP contribution is -2.32. The largest absolute Gasteiger partial charge is 0.331 e. The van der Waals surface area contributed by atoms with Crippen LogP contribution in [0.4, 0.5) is 0 Å². The highest BCUT2D eigenvalue weighted by Gasteiger charge is 2.18. The number of likely N-dealkylation sites (N-methyl/N-ethyl adjacent to an activating group) is 1. The van der Waals surface area contributed by atoms with Crippen molar-refractivity contribution in [3.05, 3.63) is 17.2 Å². The summed E-state index contributed by atoms with van der Waals surface area (Å²) >= 11 is 0. The van der Waals surface area contributed by atoms with Gasteiger partial charge in [-0.2, -0.15) is 0 Å². The molecule has 2 heterocycles. The minimum absolute atomic E-state index is 0.659. The highest BCUT2D eigenvalue weighted by Crippen LogP contribution is 2.15. The first-order valence-electron chi connectivity index (χ1n) is 7.09. The van der Waals surface area contributed by atoms with Crippen molar-refractivity contribution < 1.29 is 0 Å². The molecule has 0 saturated carbocycles. The zero-order valence-corrected chi connectivity index (χ0v) is 12.2. The maximum absolute atomic E-state index is 4.68. The van der Waals surface area contributed by atoms with Crippen molar-refractivity contribution in [2.24, 2.45) is 0 Å². The third-order valence-electron chi connectivity index (χ3n) is 4.20. The van der Waals surface area contributed by atoms with E-state index in [-0.39, 0.29) is 0 Å². The van der Waals surface area contributed by atoms with E-state index in [2.05, 4.69) is 47.6 Å². The van der Waals surface area contributed by atoms with Gasteiger partial charge in [0.15, 0.2) is 0 Å².